The molecule has 0 aromatic heterocycles. The zero-order valence-electron chi connectivity index (χ0n) is 9.60. The normalized spacial score (nSPS) is 27.5. The highest BCUT2D eigenvalue weighted by Gasteiger charge is 2.36. The van der Waals surface area contributed by atoms with E-state index in [0.29, 0.717) is 17.6 Å². The van der Waals surface area contributed by atoms with Crippen molar-refractivity contribution in [2.24, 2.45) is 0 Å². The van der Waals surface area contributed by atoms with Crippen molar-refractivity contribution in [1.82, 2.24) is 10.2 Å². The van der Waals surface area contributed by atoms with Crippen molar-refractivity contribution in [3.05, 3.63) is 35.4 Å². The largest absolute Gasteiger partial charge is 0.478 e. The highest BCUT2D eigenvalue weighted by Crippen LogP contribution is 2.23. The molecule has 2 bridgehead atoms. The first-order chi connectivity index (χ1) is 8.22. The van der Waals surface area contributed by atoms with Crippen LogP contribution >= 0.6 is 0 Å². The molecule has 90 valence electrons. The molecule has 1 aromatic carbocycles. The van der Waals surface area contributed by atoms with Crippen LogP contribution in [0, 0.1) is 0 Å². The Hall–Kier alpha value is -1.39. The van der Waals surface area contributed by atoms with Crippen molar-refractivity contribution < 1.29 is 9.90 Å². The fraction of sp³-hybridized carbons (Fsp3) is 0.462. The third-order valence-electron chi connectivity index (χ3n) is 3.64. The zero-order chi connectivity index (χ0) is 11.8. The summed E-state index contributed by atoms with van der Waals surface area (Å²) in [6.45, 7) is 2.81. The SMILES string of the molecule is O=C(O)c1ccccc1CN1CC2CC(C1)N2. The van der Waals surface area contributed by atoms with E-state index >= 15 is 0 Å². The van der Waals surface area contributed by atoms with Gasteiger partial charge < -0.3 is 10.4 Å². The fourth-order valence-corrected chi connectivity index (χ4v) is 2.84. The Morgan fingerprint density at radius 1 is 1.35 bits per heavy atom. The Kier molecular flexibility index (Phi) is 2.61. The van der Waals surface area contributed by atoms with Crippen LogP contribution in [-0.4, -0.2) is 41.1 Å². The highest BCUT2D eigenvalue weighted by molar-refractivity contribution is 5.89. The van der Waals surface area contributed by atoms with Crippen molar-refractivity contribution in [3.8, 4) is 0 Å². The number of benzene rings is 1. The molecule has 2 N–H and O–H groups in total. The molecule has 0 radical (unpaired) electrons. The fourth-order valence-electron chi connectivity index (χ4n) is 2.84. The lowest BCUT2D eigenvalue weighted by Gasteiger charge is -2.48. The molecule has 0 saturated carbocycles. The van der Waals surface area contributed by atoms with Crippen LogP contribution in [0.2, 0.25) is 0 Å². The molecule has 3 heterocycles. The number of nitrogens with one attached hydrogen (secondary N) is 1. The van der Waals surface area contributed by atoms with Crippen LogP contribution in [0.1, 0.15) is 22.3 Å². The van der Waals surface area contributed by atoms with Gasteiger partial charge in [0.25, 0.3) is 0 Å². The van der Waals surface area contributed by atoms with Gasteiger partial charge in [-0.15, -0.1) is 0 Å². The van der Waals surface area contributed by atoms with Crippen LogP contribution in [0.25, 0.3) is 0 Å². The molecule has 2 unspecified atom stereocenters. The topological polar surface area (TPSA) is 52.6 Å². The second kappa shape index (κ2) is 4.13. The van der Waals surface area contributed by atoms with E-state index in [1.807, 2.05) is 12.1 Å². The van der Waals surface area contributed by atoms with Crippen LogP contribution in [0.15, 0.2) is 24.3 Å². The molecule has 4 heteroatoms. The number of nitrogens with zero attached hydrogens (tertiary/aromatic N) is 1. The van der Waals surface area contributed by atoms with Gasteiger partial charge in [0.2, 0.25) is 0 Å². The van der Waals surface area contributed by atoms with E-state index < -0.39 is 5.97 Å². The number of piperidine rings is 1. The van der Waals surface area contributed by atoms with Gasteiger partial charge in [-0.25, -0.2) is 4.79 Å². The predicted octanol–water partition coefficient (Wildman–Crippen LogP) is 0.931. The van der Waals surface area contributed by atoms with E-state index in [1.54, 1.807) is 12.1 Å². The van der Waals surface area contributed by atoms with Crippen molar-refractivity contribution in [2.45, 2.75) is 25.0 Å². The monoisotopic (exact) mass is 232 g/mol. The van der Waals surface area contributed by atoms with Gasteiger partial charge in [0.1, 0.15) is 0 Å². The van der Waals surface area contributed by atoms with Gasteiger partial charge in [-0.05, 0) is 18.1 Å². The average Bonchev–Trinajstić information content (AvgIpc) is 2.28. The summed E-state index contributed by atoms with van der Waals surface area (Å²) in [5.74, 6) is -0.833. The van der Waals surface area contributed by atoms with Gasteiger partial charge in [0, 0.05) is 31.7 Å². The number of carbonyl (C=O) groups is 1. The molecular weight excluding hydrogens is 216 g/mol. The number of aromatic carboxylic acids is 1. The maximum Gasteiger partial charge on any atom is 0.336 e. The summed E-state index contributed by atoms with van der Waals surface area (Å²) < 4.78 is 0. The number of piperazine rings is 1. The Labute approximate surface area is 100 Å². The second-order valence-electron chi connectivity index (χ2n) is 4.95. The van der Waals surface area contributed by atoms with Gasteiger partial charge in [-0.2, -0.15) is 0 Å². The van der Waals surface area contributed by atoms with Crippen LogP contribution in [0.4, 0.5) is 0 Å². The number of carboxylic acids is 1. The molecule has 4 rings (SSSR count). The summed E-state index contributed by atoms with van der Waals surface area (Å²) >= 11 is 0. The van der Waals surface area contributed by atoms with E-state index in [4.69, 9.17) is 5.11 Å². The Bertz CT molecular complexity index is 431. The van der Waals surface area contributed by atoms with Crippen molar-refractivity contribution in [3.63, 3.8) is 0 Å². The third-order valence-corrected chi connectivity index (χ3v) is 3.64. The maximum atomic E-state index is 11.1. The maximum absolute atomic E-state index is 11.1. The second-order valence-corrected chi connectivity index (χ2v) is 4.95. The molecule has 17 heavy (non-hydrogen) atoms. The van der Waals surface area contributed by atoms with Gasteiger partial charge >= 0.3 is 5.97 Å². The van der Waals surface area contributed by atoms with Gasteiger partial charge in [0.15, 0.2) is 0 Å². The lowest BCUT2D eigenvalue weighted by molar-refractivity contribution is 0.0670. The zero-order valence-corrected chi connectivity index (χ0v) is 9.60. The number of hydrogen-bond acceptors (Lipinski definition) is 3. The van der Waals surface area contributed by atoms with Crippen LogP contribution in [0.3, 0.4) is 0 Å². The van der Waals surface area contributed by atoms with Gasteiger partial charge in [-0.1, -0.05) is 18.2 Å². The Morgan fingerprint density at radius 2 is 2.00 bits per heavy atom. The van der Waals surface area contributed by atoms with E-state index in [9.17, 15) is 4.79 Å². The molecule has 4 nitrogen and oxygen atoms in total. The lowest BCUT2D eigenvalue weighted by Crippen LogP contribution is -2.66. The molecule has 1 aromatic rings. The number of hydrogen-bond donors (Lipinski definition) is 2. The minimum Gasteiger partial charge on any atom is -0.478 e. The molecule has 2 atom stereocenters. The number of fused-ring (bicyclic) bond motifs is 2. The summed E-state index contributed by atoms with van der Waals surface area (Å²) in [7, 11) is 0. The van der Waals surface area contributed by atoms with Crippen LogP contribution in [-0.2, 0) is 6.54 Å². The average molecular weight is 232 g/mol. The molecule has 3 aliphatic heterocycles. The van der Waals surface area contributed by atoms with Gasteiger partial charge in [-0.3, -0.25) is 4.90 Å². The summed E-state index contributed by atoms with van der Waals surface area (Å²) in [5, 5.41) is 12.6. The third kappa shape index (κ3) is 2.06. The van der Waals surface area contributed by atoms with Gasteiger partial charge in [0.05, 0.1) is 5.56 Å². The smallest absolute Gasteiger partial charge is 0.336 e. The first kappa shape index (κ1) is 10.7. The lowest BCUT2D eigenvalue weighted by atomic mass is 9.91. The van der Waals surface area contributed by atoms with Crippen molar-refractivity contribution in [2.75, 3.05) is 13.1 Å². The molecule has 3 saturated heterocycles. The molecule has 0 aliphatic carbocycles. The van der Waals surface area contributed by atoms with Crippen molar-refractivity contribution in [1.29, 1.82) is 0 Å². The Balaban J connectivity index is 1.74. The first-order valence-electron chi connectivity index (χ1n) is 6.02. The minimum atomic E-state index is -0.833. The minimum absolute atomic E-state index is 0.430. The first-order valence-corrected chi connectivity index (χ1v) is 6.02. The summed E-state index contributed by atoms with van der Waals surface area (Å²) in [4.78, 5) is 13.5. The van der Waals surface area contributed by atoms with Crippen LogP contribution < -0.4 is 5.32 Å². The Morgan fingerprint density at radius 3 is 2.65 bits per heavy atom. The number of carboxylic acid groups (broad SMARTS) is 1. The molecule has 0 spiro atoms. The van der Waals surface area contributed by atoms with Crippen molar-refractivity contribution >= 4 is 5.97 Å². The van der Waals surface area contributed by atoms with E-state index in [-0.39, 0.29) is 0 Å². The van der Waals surface area contributed by atoms with E-state index in [0.717, 1.165) is 25.2 Å². The summed E-state index contributed by atoms with van der Waals surface area (Å²) in [6, 6.07) is 8.52. The van der Waals surface area contributed by atoms with E-state index in [2.05, 4.69) is 10.2 Å². The predicted molar refractivity (Wildman–Crippen MR) is 64.0 cm³/mol. The molecule has 3 fully saturated rings. The quantitative estimate of drug-likeness (QED) is 0.814. The summed E-state index contributed by atoms with van der Waals surface area (Å²) in [6.07, 6.45) is 1.27. The molecule has 0 amide bonds. The standard InChI is InChI=1S/C13H16N2O2/c16-13(17)12-4-2-1-3-9(12)6-15-7-10-5-11(8-15)14-10/h1-4,10-11,14H,5-8H2,(H,16,17). The molecular formula is C13H16N2O2. The summed E-state index contributed by atoms with van der Waals surface area (Å²) in [5.41, 5.74) is 1.35. The highest BCUT2D eigenvalue weighted by atomic mass is 16.4. The van der Waals surface area contributed by atoms with E-state index in [1.165, 1.54) is 6.42 Å². The number of rotatable bonds is 3. The molecule has 3 aliphatic rings. The van der Waals surface area contributed by atoms with Crippen LogP contribution in [0.5, 0.6) is 0 Å².